The number of likely N-dealkylation sites (N-methyl/N-ethyl adjacent to an activating group) is 1. The van der Waals surface area contributed by atoms with Crippen LogP contribution in [0.2, 0.25) is 0 Å². The van der Waals surface area contributed by atoms with Crippen LogP contribution in [0.5, 0.6) is 0 Å². The predicted molar refractivity (Wildman–Crippen MR) is 80.7 cm³/mol. The smallest absolute Gasteiger partial charge is 0.329 e. The summed E-state index contributed by atoms with van der Waals surface area (Å²) in [5, 5.41) is 13.9. The molecule has 2 heterocycles. The van der Waals surface area contributed by atoms with Crippen LogP contribution < -0.4 is 0 Å². The Kier molecular flexibility index (Phi) is 3.60. The minimum absolute atomic E-state index is 0.287. The number of carbonyl (C=O) groups excluding carboxylic acids is 1. The molecule has 116 valence electrons. The largest absolute Gasteiger partial charge is 0.479 e. The standard InChI is InChI=1S/C16H19N3O3/c1-18(16(15(21)22)8-4-2-5-9-16)14(20)12-11-17-19-10-6-3-7-13(12)19/h3,6-7,10-11H,2,4-5,8-9H2,1H3,(H,21,22). The number of pyridine rings is 1. The number of rotatable bonds is 3. The minimum Gasteiger partial charge on any atom is -0.479 e. The molecule has 1 aliphatic rings. The Labute approximate surface area is 128 Å². The van der Waals surface area contributed by atoms with Crippen LogP contribution in [0.4, 0.5) is 0 Å². The summed E-state index contributed by atoms with van der Waals surface area (Å²) in [6, 6.07) is 5.47. The molecule has 1 N–H and O–H groups in total. The number of fused-ring (bicyclic) bond motifs is 1. The fourth-order valence-corrected chi connectivity index (χ4v) is 3.30. The van der Waals surface area contributed by atoms with Crippen LogP contribution in [-0.2, 0) is 4.79 Å². The Hall–Kier alpha value is -2.37. The average Bonchev–Trinajstić information content (AvgIpc) is 2.98. The van der Waals surface area contributed by atoms with Crippen molar-refractivity contribution in [3.05, 3.63) is 36.2 Å². The van der Waals surface area contributed by atoms with Crippen molar-refractivity contribution in [1.82, 2.24) is 14.5 Å². The van der Waals surface area contributed by atoms with Gasteiger partial charge in [-0.2, -0.15) is 5.10 Å². The first kappa shape index (κ1) is 14.6. The quantitative estimate of drug-likeness (QED) is 0.943. The van der Waals surface area contributed by atoms with E-state index in [2.05, 4.69) is 5.10 Å². The van der Waals surface area contributed by atoms with Gasteiger partial charge in [0.25, 0.3) is 5.91 Å². The molecule has 0 radical (unpaired) electrons. The molecule has 0 spiro atoms. The maximum atomic E-state index is 12.8. The van der Waals surface area contributed by atoms with Gasteiger partial charge in [0.1, 0.15) is 5.54 Å². The maximum absolute atomic E-state index is 12.8. The monoisotopic (exact) mass is 301 g/mol. The lowest BCUT2D eigenvalue weighted by molar-refractivity contribution is -0.151. The van der Waals surface area contributed by atoms with Crippen molar-refractivity contribution in [1.29, 1.82) is 0 Å². The van der Waals surface area contributed by atoms with E-state index < -0.39 is 11.5 Å². The van der Waals surface area contributed by atoms with Crippen molar-refractivity contribution in [2.45, 2.75) is 37.6 Å². The summed E-state index contributed by atoms with van der Waals surface area (Å²) in [6.45, 7) is 0. The minimum atomic E-state index is -1.10. The summed E-state index contributed by atoms with van der Waals surface area (Å²) in [7, 11) is 1.59. The van der Waals surface area contributed by atoms with E-state index in [1.807, 2.05) is 18.2 Å². The molecule has 0 aromatic carbocycles. The number of carbonyl (C=O) groups is 2. The third-order valence-electron chi connectivity index (χ3n) is 4.68. The summed E-state index contributed by atoms with van der Waals surface area (Å²) in [5.41, 5.74) is 0.0308. The fraction of sp³-hybridized carbons (Fsp3) is 0.438. The van der Waals surface area contributed by atoms with Gasteiger partial charge in [-0.1, -0.05) is 25.3 Å². The average molecular weight is 301 g/mol. The molecule has 1 amide bonds. The van der Waals surface area contributed by atoms with Crippen molar-refractivity contribution >= 4 is 17.4 Å². The number of aromatic nitrogens is 2. The highest BCUT2D eigenvalue weighted by Gasteiger charge is 2.45. The van der Waals surface area contributed by atoms with E-state index in [1.54, 1.807) is 17.8 Å². The highest BCUT2D eigenvalue weighted by molar-refractivity contribution is 6.02. The van der Waals surface area contributed by atoms with Gasteiger partial charge in [-0.15, -0.1) is 0 Å². The molecule has 6 heteroatoms. The van der Waals surface area contributed by atoms with Crippen LogP contribution >= 0.6 is 0 Å². The second kappa shape index (κ2) is 5.44. The molecule has 0 unspecified atom stereocenters. The van der Waals surface area contributed by atoms with Gasteiger partial charge in [0.15, 0.2) is 0 Å². The molecular formula is C16H19N3O3. The lowest BCUT2D eigenvalue weighted by Crippen LogP contribution is -2.56. The first-order valence-corrected chi connectivity index (χ1v) is 7.50. The zero-order valence-electron chi connectivity index (χ0n) is 12.5. The Morgan fingerprint density at radius 2 is 2.00 bits per heavy atom. The lowest BCUT2D eigenvalue weighted by atomic mass is 9.80. The van der Waals surface area contributed by atoms with Gasteiger partial charge < -0.3 is 10.0 Å². The molecule has 1 saturated carbocycles. The maximum Gasteiger partial charge on any atom is 0.329 e. The molecule has 1 fully saturated rings. The van der Waals surface area contributed by atoms with Crippen LogP contribution in [0.1, 0.15) is 42.5 Å². The van der Waals surface area contributed by atoms with E-state index in [4.69, 9.17) is 0 Å². The lowest BCUT2D eigenvalue weighted by Gasteiger charge is -2.40. The highest BCUT2D eigenvalue weighted by atomic mass is 16.4. The van der Waals surface area contributed by atoms with Crippen LogP contribution in [0, 0.1) is 0 Å². The summed E-state index contributed by atoms with van der Waals surface area (Å²) < 4.78 is 1.62. The topological polar surface area (TPSA) is 74.9 Å². The van der Waals surface area contributed by atoms with Crippen LogP contribution in [0.15, 0.2) is 30.6 Å². The molecular weight excluding hydrogens is 282 g/mol. The Bertz CT molecular complexity index is 716. The number of hydrogen-bond acceptors (Lipinski definition) is 3. The van der Waals surface area contributed by atoms with E-state index in [9.17, 15) is 14.7 Å². The van der Waals surface area contributed by atoms with Crippen molar-refractivity contribution in [3.63, 3.8) is 0 Å². The predicted octanol–water partition coefficient (Wildman–Crippen LogP) is 2.19. The van der Waals surface area contributed by atoms with E-state index in [-0.39, 0.29) is 5.91 Å². The molecule has 0 aliphatic heterocycles. The molecule has 0 saturated heterocycles. The number of amides is 1. The van der Waals surface area contributed by atoms with Crippen LogP contribution in [0.3, 0.4) is 0 Å². The van der Waals surface area contributed by atoms with Gasteiger partial charge in [0.05, 0.1) is 17.3 Å². The number of nitrogens with zero attached hydrogens (tertiary/aromatic N) is 3. The fourth-order valence-electron chi connectivity index (χ4n) is 3.30. The second-order valence-corrected chi connectivity index (χ2v) is 5.85. The molecule has 2 aromatic heterocycles. The second-order valence-electron chi connectivity index (χ2n) is 5.85. The Morgan fingerprint density at radius 3 is 2.68 bits per heavy atom. The summed E-state index contributed by atoms with van der Waals surface area (Å²) in [6.07, 6.45) is 6.96. The normalized spacial score (nSPS) is 17.3. The number of hydrogen-bond donors (Lipinski definition) is 1. The van der Waals surface area contributed by atoms with Gasteiger partial charge >= 0.3 is 5.97 Å². The van der Waals surface area contributed by atoms with Crippen molar-refractivity contribution in [2.75, 3.05) is 7.05 Å². The molecule has 3 rings (SSSR count). The van der Waals surface area contributed by atoms with Gasteiger partial charge in [-0.05, 0) is 25.0 Å². The molecule has 22 heavy (non-hydrogen) atoms. The van der Waals surface area contributed by atoms with Crippen LogP contribution in [-0.4, -0.2) is 44.1 Å². The number of carboxylic acids is 1. The third-order valence-corrected chi connectivity index (χ3v) is 4.68. The summed E-state index contributed by atoms with van der Waals surface area (Å²) in [5.74, 6) is -1.20. The van der Waals surface area contributed by atoms with E-state index >= 15 is 0 Å². The molecule has 2 aromatic rings. The van der Waals surface area contributed by atoms with E-state index in [0.29, 0.717) is 23.9 Å². The molecule has 1 aliphatic carbocycles. The van der Waals surface area contributed by atoms with Crippen molar-refractivity contribution < 1.29 is 14.7 Å². The number of carboxylic acid groups (broad SMARTS) is 1. The zero-order chi connectivity index (χ0) is 15.7. The van der Waals surface area contributed by atoms with Crippen molar-refractivity contribution in [2.24, 2.45) is 0 Å². The van der Waals surface area contributed by atoms with Gasteiger partial charge in [0.2, 0.25) is 0 Å². The van der Waals surface area contributed by atoms with Crippen molar-refractivity contribution in [3.8, 4) is 0 Å². The number of aliphatic carboxylic acids is 1. The van der Waals surface area contributed by atoms with E-state index in [0.717, 1.165) is 19.3 Å². The third kappa shape index (κ3) is 2.15. The SMILES string of the molecule is CN(C(=O)c1cnn2ccccc12)C1(C(=O)O)CCCCC1. The summed E-state index contributed by atoms with van der Waals surface area (Å²) in [4.78, 5) is 26.1. The Morgan fingerprint density at radius 1 is 1.27 bits per heavy atom. The molecule has 6 nitrogen and oxygen atoms in total. The van der Waals surface area contributed by atoms with Crippen LogP contribution in [0.25, 0.3) is 5.52 Å². The summed E-state index contributed by atoms with van der Waals surface area (Å²) >= 11 is 0. The Balaban J connectivity index is 1.98. The first-order chi connectivity index (χ1) is 10.6. The molecule has 0 bridgehead atoms. The van der Waals surface area contributed by atoms with Gasteiger partial charge in [0, 0.05) is 13.2 Å². The highest BCUT2D eigenvalue weighted by Crippen LogP contribution is 2.34. The molecule has 0 atom stereocenters. The zero-order valence-corrected chi connectivity index (χ0v) is 12.5. The van der Waals surface area contributed by atoms with E-state index in [1.165, 1.54) is 11.1 Å². The first-order valence-electron chi connectivity index (χ1n) is 7.50. The van der Waals surface area contributed by atoms with Gasteiger partial charge in [-0.25, -0.2) is 9.31 Å². The van der Waals surface area contributed by atoms with Gasteiger partial charge in [-0.3, -0.25) is 4.79 Å².